The van der Waals surface area contributed by atoms with Crippen molar-refractivity contribution in [2.45, 2.75) is 36.8 Å². The maximum atomic E-state index is 12.3. The third kappa shape index (κ3) is 19.4. The van der Waals surface area contributed by atoms with Crippen molar-refractivity contribution in [1.29, 1.82) is 0 Å². The summed E-state index contributed by atoms with van der Waals surface area (Å²) in [5.74, 6) is -2.66. The number of halogens is 5. The van der Waals surface area contributed by atoms with E-state index in [0.717, 1.165) is 18.2 Å². The molecule has 0 aromatic heterocycles. The summed E-state index contributed by atoms with van der Waals surface area (Å²) in [6.45, 7) is 0. The zero-order valence-corrected chi connectivity index (χ0v) is 51.4. The van der Waals surface area contributed by atoms with Gasteiger partial charge in [-0.25, -0.2) is 14.0 Å². The summed E-state index contributed by atoms with van der Waals surface area (Å²) in [5, 5.41) is 63.5. The molecule has 0 bridgehead atoms. The predicted molar refractivity (Wildman–Crippen MR) is 349 cm³/mol. The monoisotopic (exact) mass is 1560 g/mol. The topological polar surface area (TPSA) is 185 Å². The zero-order valence-electron chi connectivity index (χ0n) is 41.2. The Bertz CT molecular complexity index is 3210. The van der Waals surface area contributed by atoms with E-state index in [2.05, 4.69) is 182 Å². The molecule has 10 rings (SSSR count). The van der Waals surface area contributed by atoms with Crippen molar-refractivity contribution in [3.63, 3.8) is 0 Å². The minimum absolute atomic E-state index is 0. The van der Waals surface area contributed by atoms with Gasteiger partial charge in [-0.1, -0.05) is 117 Å². The lowest BCUT2D eigenvalue weighted by Gasteiger charge is -2.09. The molecule has 0 heterocycles. The van der Waals surface area contributed by atoms with Gasteiger partial charge in [0.1, 0.15) is 57.2 Å². The summed E-state index contributed by atoms with van der Waals surface area (Å²) < 4.78 is 20.4. The number of ether oxygens (including phenoxy) is 1. The number of rotatable bonds is 10. The van der Waals surface area contributed by atoms with Gasteiger partial charge >= 0.3 is 11.9 Å². The molecule has 0 saturated carbocycles. The Morgan fingerprint density at radius 1 is 0.362 bits per heavy atom. The number of carboxylic acids is 2. The van der Waals surface area contributed by atoms with Crippen LogP contribution in [-0.4, -0.2) is 47.7 Å². The van der Waals surface area contributed by atoms with Crippen LogP contribution in [0.4, 0.5) is 4.39 Å². The molecule has 0 fully saturated rings. The molecule has 0 atom stereocenters. The standard InChI is InChI=1S/2C18H15S.C13H8I2O5.C7H5FO3.C6H4I2O2.CH4/c2*1-4-10-16(11-5-1)19(17-12-6-2-7-13-17)18-14-8-3-9-15-18;14-9-3-7(4-10(15)12(9)17)20-6-1-2-8(13(18)19)11(16)5-6;8-4-1-2-5(7(10)11)6(9)3-4;7-4-1-3(9)2-5(8)6(4)10;/h2*1-15H;1-5,16-17H,(H,18,19);1-3,9H,(H,10,11);1-2,9-10H;1H4/q2*+1;;;;. The number of phenols is 5. The van der Waals surface area contributed by atoms with Crippen LogP contribution in [0.5, 0.6) is 40.2 Å². The number of carboxylic acid groups (broad SMARTS) is 2. The van der Waals surface area contributed by atoms with Gasteiger partial charge in [0.25, 0.3) is 0 Å². The summed E-state index contributed by atoms with van der Waals surface area (Å²) in [6.07, 6.45) is 0. The molecule has 408 valence electrons. The molecular formula is C63H51FI4O10S2+2. The first-order chi connectivity index (χ1) is 38.0. The Balaban J connectivity index is 0.000000188. The molecule has 0 amide bonds. The number of phenolic OH excluding ortho intramolecular Hbond substituents is 3. The van der Waals surface area contributed by atoms with Crippen molar-refractivity contribution in [2.75, 3.05) is 0 Å². The minimum Gasteiger partial charge on any atom is -0.508 e. The van der Waals surface area contributed by atoms with Crippen LogP contribution in [-0.2, 0) is 21.8 Å². The van der Waals surface area contributed by atoms with E-state index >= 15 is 0 Å². The van der Waals surface area contributed by atoms with Gasteiger partial charge in [0.15, 0.2) is 29.4 Å². The molecule has 17 heteroatoms. The van der Waals surface area contributed by atoms with E-state index in [9.17, 15) is 29.3 Å². The van der Waals surface area contributed by atoms with Gasteiger partial charge < -0.3 is 40.5 Å². The molecule has 0 aliphatic heterocycles. The number of hydrogen-bond donors (Lipinski definition) is 7. The van der Waals surface area contributed by atoms with Gasteiger partial charge in [-0.05, 0) is 212 Å². The van der Waals surface area contributed by atoms with E-state index in [1.54, 1.807) is 12.1 Å². The van der Waals surface area contributed by atoms with Crippen LogP contribution in [0.15, 0.2) is 272 Å². The Hall–Kier alpha value is -6.51. The number of hydrogen-bond acceptors (Lipinski definition) is 8. The third-order valence-corrected chi connectivity index (χ3v) is 18.2. The molecule has 0 unspecified atom stereocenters. The lowest BCUT2D eigenvalue weighted by molar-refractivity contribution is 0.0682. The van der Waals surface area contributed by atoms with Crippen LogP contribution in [0, 0.1) is 20.1 Å². The maximum Gasteiger partial charge on any atom is 0.339 e. The molecule has 7 N–H and O–H groups in total. The zero-order chi connectivity index (χ0) is 56.8. The highest BCUT2D eigenvalue weighted by Gasteiger charge is 2.29. The average Bonchev–Trinajstić information content (AvgIpc) is 3.44. The van der Waals surface area contributed by atoms with Gasteiger partial charge in [-0.3, -0.25) is 0 Å². The smallest absolute Gasteiger partial charge is 0.339 e. The maximum absolute atomic E-state index is 12.3. The fraction of sp³-hybridized carbons (Fsp3) is 0.0159. The number of carbonyl (C=O) groups is 2. The SMILES string of the molecule is C.O=C(O)c1ccc(F)cc1O.O=C(O)c1ccc(Oc2cc(I)c(O)c(I)c2)cc1O.Oc1cc(I)c(O)c(I)c1.c1ccc([S+](c2ccccc2)c2ccccc2)cc1.c1ccc([S+](c2ccccc2)c2ccccc2)cc1. The lowest BCUT2D eigenvalue weighted by Crippen LogP contribution is -2.04. The summed E-state index contributed by atoms with van der Waals surface area (Å²) in [5.41, 5.74) is -0.487. The van der Waals surface area contributed by atoms with Crippen molar-refractivity contribution < 1.29 is 54.5 Å². The minimum atomic E-state index is -1.28. The molecule has 0 aliphatic rings. The molecule has 10 nitrogen and oxygen atoms in total. The largest absolute Gasteiger partial charge is 0.508 e. The van der Waals surface area contributed by atoms with Crippen LogP contribution >= 0.6 is 90.4 Å². The third-order valence-electron chi connectivity index (χ3n) is 10.5. The number of aromatic carboxylic acids is 2. The van der Waals surface area contributed by atoms with Crippen LogP contribution in [0.3, 0.4) is 0 Å². The van der Waals surface area contributed by atoms with Gasteiger partial charge in [0.05, 0.1) is 36.1 Å². The predicted octanol–water partition coefficient (Wildman–Crippen LogP) is 17.5. The first kappa shape index (κ1) is 64.3. The van der Waals surface area contributed by atoms with Crippen molar-refractivity contribution in [3.05, 3.63) is 274 Å². The van der Waals surface area contributed by atoms with Gasteiger partial charge in [-0.2, -0.15) is 0 Å². The molecule has 0 aliphatic carbocycles. The van der Waals surface area contributed by atoms with E-state index in [4.69, 9.17) is 25.2 Å². The molecule has 0 radical (unpaired) electrons. The molecule has 0 saturated heterocycles. The second-order valence-corrected chi connectivity index (χ2v) is 24.7. The Morgan fingerprint density at radius 2 is 0.637 bits per heavy atom. The summed E-state index contributed by atoms with van der Waals surface area (Å²) in [7, 11) is -0.0293. The van der Waals surface area contributed by atoms with Crippen molar-refractivity contribution in [1.82, 2.24) is 0 Å². The molecule has 10 aromatic carbocycles. The van der Waals surface area contributed by atoms with Gasteiger partial charge in [0.2, 0.25) is 0 Å². The number of benzene rings is 10. The lowest BCUT2D eigenvalue weighted by atomic mass is 10.2. The molecule has 80 heavy (non-hydrogen) atoms. The average molecular weight is 1560 g/mol. The Labute approximate surface area is 523 Å². The van der Waals surface area contributed by atoms with Crippen LogP contribution in [0.1, 0.15) is 28.1 Å². The number of aromatic hydroxyl groups is 5. The van der Waals surface area contributed by atoms with Crippen molar-refractivity contribution >= 4 is 124 Å². The van der Waals surface area contributed by atoms with E-state index in [-0.39, 0.29) is 63.3 Å². The Kier molecular flexibility index (Phi) is 26.3. The van der Waals surface area contributed by atoms with Gasteiger partial charge in [-0.15, -0.1) is 0 Å². The van der Waals surface area contributed by atoms with Crippen molar-refractivity contribution in [3.8, 4) is 40.2 Å². The molecule has 10 aromatic rings. The summed E-state index contributed by atoms with van der Waals surface area (Å²) in [6, 6.07) is 77.3. The summed E-state index contributed by atoms with van der Waals surface area (Å²) >= 11 is 7.88. The first-order valence-corrected chi connectivity index (χ1v) is 30.1. The highest BCUT2D eigenvalue weighted by atomic mass is 127. The van der Waals surface area contributed by atoms with Crippen LogP contribution in [0.25, 0.3) is 0 Å². The quantitative estimate of drug-likeness (QED) is 0.0395. The fourth-order valence-corrected chi connectivity index (χ4v) is 14.5. The van der Waals surface area contributed by atoms with E-state index in [0.29, 0.717) is 25.8 Å². The second-order valence-electron chi connectivity index (χ2n) is 16.0. The molecular weight excluding hydrogens is 1510 g/mol. The fourth-order valence-electron chi connectivity index (χ4n) is 6.89. The normalized spacial score (nSPS) is 10.1. The van der Waals surface area contributed by atoms with Crippen LogP contribution in [0.2, 0.25) is 0 Å². The Morgan fingerprint density at radius 3 is 0.912 bits per heavy atom. The molecule has 0 spiro atoms. The second kappa shape index (κ2) is 32.7. The van der Waals surface area contributed by atoms with Crippen LogP contribution < -0.4 is 4.74 Å². The first-order valence-electron chi connectivity index (χ1n) is 23.3. The highest BCUT2D eigenvalue weighted by Crippen LogP contribution is 2.36. The van der Waals surface area contributed by atoms with E-state index in [1.165, 1.54) is 59.7 Å². The van der Waals surface area contributed by atoms with Crippen molar-refractivity contribution in [2.24, 2.45) is 0 Å². The highest BCUT2D eigenvalue weighted by molar-refractivity contribution is 14.1. The summed E-state index contributed by atoms with van der Waals surface area (Å²) in [4.78, 5) is 29.2. The van der Waals surface area contributed by atoms with E-state index in [1.807, 2.05) is 90.4 Å². The van der Waals surface area contributed by atoms with Gasteiger partial charge in [0, 0.05) is 12.1 Å². The van der Waals surface area contributed by atoms with E-state index < -0.39 is 23.5 Å².